The molecule has 66 valence electrons. The van der Waals surface area contributed by atoms with Crippen LogP contribution in [0.3, 0.4) is 0 Å². The molecule has 0 bridgehead atoms. The zero-order valence-electron chi connectivity index (χ0n) is 6.21. The lowest BCUT2D eigenvalue weighted by Gasteiger charge is -1.98. The molecule has 1 aromatic carbocycles. The van der Waals surface area contributed by atoms with E-state index in [0.29, 0.717) is 5.56 Å². The largest absolute Gasteiger partial charge is 0.332 e. The van der Waals surface area contributed by atoms with E-state index in [4.69, 9.17) is 11.6 Å². The van der Waals surface area contributed by atoms with Crippen LogP contribution in [0.15, 0.2) is 23.1 Å². The lowest BCUT2D eigenvalue weighted by atomic mass is 10.2. The van der Waals surface area contributed by atoms with Crippen molar-refractivity contribution < 1.29 is 12.3 Å². The van der Waals surface area contributed by atoms with E-state index < -0.39 is 15.1 Å². The molecule has 0 saturated carbocycles. The standard InChI is InChI=1S/C7H6ClFO2S/c1-5-2-3-6(4-7(5)8)12(9,10)11/h2-4H,1H3. The van der Waals surface area contributed by atoms with Gasteiger partial charge in [0.15, 0.2) is 0 Å². The highest BCUT2D eigenvalue weighted by Gasteiger charge is 2.12. The van der Waals surface area contributed by atoms with Crippen molar-refractivity contribution in [1.82, 2.24) is 0 Å². The Bertz CT molecular complexity index is 400. The molecule has 0 unspecified atom stereocenters. The van der Waals surface area contributed by atoms with Crippen molar-refractivity contribution >= 4 is 21.8 Å². The summed E-state index contributed by atoms with van der Waals surface area (Å²) in [5.74, 6) is 0. The van der Waals surface area contributed by atoms with Crippen LogP contribution in [-0.2, 0) is 10.2 Å². The Morgan fingerprint density at radius 1 is 1.42 bits per heavy atom. The summed E-state index contributed by atoms with van der Waals surface area (Å²) >= 11 is 5.59. The van der Waals surface area contributed by atoms with Gasteiger partial charge >= 0.3 is 10.2 Å². The van der Waals surface area contributed by atoms with Gasteiger partial charge in [0.25, 0.3) is 0 Å². The third-order valence-corrected chi connectivity index (χ3v) is 2.65. The van der Waals surface area contributed by atoms with E-state index in [1.54, 1.807) is 6.92 Å². The highest BCUT2D eigenvalue weighted by Crippen LogP contribution is 2.20. The lowest BCUT2D eigenvalue weighted by molar-refractivity contribution is 0.552. The molecular formula is C7H6ClFO2S. The topological polar surface area (TPSA) is 34.1 Å². The van der Waals surface area contributed by atoms with E-state index in [0.717, 1.165) is 6.07 Å². The molecule has 5 heteroatoms. The van der Waals surface area contributed by atoms with E-state index in [9.17, 15) is 12.3 Å². The number of hydrogen-bond acceptors (Lipinski definition) is 2. The fourth-order valence-corrected chi connectivity index (χ4v) is 1.46. The Hall–Kier alpha value is -0.610. The van der Waals surface area contributed by atoms with Crippen LogP contribution in [0.1, 0.15) is 5.56 Å². The van der Waals surface area contributed by atoms with Crippen molar-refractivity contribution in [2.45, 2.75) is 11.8 Å². The van der Waals surface area contributed by atoms with Gasteiger partial charge in [0, 0.05) is 5.02 Å². The summed E-state index contributed by atoms with van der Waals surface area (Å²) in [6.07, 6.45) is 0. The van der Waals surface area contributed by atoms with Gasteiger partial charge in [-0.1, -0.05) is 17.7 Å². The van der Waals surface area contributed by atoms with Crippen LogP contribution in [0.25, 0.3) is 0 Å². The first-order valence-electron chi connectivity index (χ1n) is 3.12. The smallest absolute Gasteiger partial charge is 0.189 e. The van der Waals surface area contributed by atoms with Crippen molar-refractivity contribution in [2.75, 3.05) is 0 Å². The molecule has 0 aliphatic carbocycles. The molecule has 0 N–H and O–H groups in total. The molecule has 0 saturated heterocycles. The first-order valence-corrected chi connectivity index (χ1v) is 4.88. The van der Waals surface area contributed by atoms with E-state index in [2.05, 4.69) is 0 Å². The minimum absolute atomic E-state index is 0.244. The second-order valence-electron chi connectivity index (χ2n) is 2.35. The first kappa shape index (κ1) is 9.48. The maximum atomic E-state index is 12.3. The second kappa shape index (κ2) is 3.03. The molecule has 2 nitrogen and oxygen atoms in total. The summed E-state index contributed by atoms with van der Waals surface area (Å²) in [5.41, 5.74) is 0.712. The molecule has 0 aliphatic heterocycles. The Labute approximate surface area is 75.2 Å². The Balaban J connectivity index is 3.33. The minimum atomic E-state index is -4.63. The highest BCUT2D eigenvalue weighted by molar-refractivity contribution is 7.86. The minimum Gasteiger partial charge on any atom is -0.189 e. The van der Waals surface area contributed by atoms with Crippen molar-refractivity contribution in [3.8, 4) is 0 Å². The first-order chi connectivity index (χ1) is 5.41. The van der Waals surface area contributed by atoms with Gasteiger partial charge in [-0.25, -0.2) is 0 Å². The zero-order valence-corrected chi connectivity index (χ0v) is 7.79. The quantitative estimate of drug-likeness (QED) is 0.664. The van der Waals surface area contributed by atoms with Crippen LogP contribution in [0.2, 0.25) is 5.02 Å². The summed E-state index contributed by atoms with van der Waals surface area (Å²) in [7, 11) is -4.63. The monoisotopic (exact) mass is 208 g/mol. The van der Waals surface area contributed by atoms with Crippen LogP contribution in [0.4, 0.5) is 3.89 Å². The van der Waals surface area contributed by atoms with Crippen molar-refractivity contribution in [2.24, 2.45) is 0 Å². The van der Waals surface area contributed by atoms with Crippen LogP contribution in [-0.4, -0.2) is 8.42 Å². The molecule has 0 spiro atoms. The van der Waals surface area contributed by atoms with Gasteiger partial charge in [-0.3, -0.25) is 0 Å². The zero-order chi connectivity index (χ0) is 9.35. The van der Waals surface area contributed by atoms with E-state index >= 15 is 0 Å². The van der Waals surface area contributed by atoms with E-state index in [1.807, 2.05) is 0 Å². The molecule has 0 atom stereocenters. The predicted octanol–water partition coefficient (Wildman–Crippen LogP) is 2.31. The van der Waals surface area contributed by atoms with Crippen LogP contribution >= 0.6 is 11.6 Å². The average Bonchev–Trinajstić information content (AvgIpc) is 1.92. The van der Waals surface area contributed by atoms with Gasteiger partial charge < -0.3 is 0 Å². The Morgan fingerprint density at radius 3 is 2.42 bits per heavy atom. The molecule has 0 aromatic heterocycles. The summed E-state index contributed by atoms with van der Waals surface area (Å²) in [5, 5.41) is 0.244. The van der Waals surface area contributed by atoms with Crippen LogP contribution in [0, 0.1) is 6.92 Å². The van der Waals surface area contributed by atoms with Crippen LogP contribution < -0.4 is 0 Å². The van der Waals surface area contributed by atoms with E-state index in [1.165, 1.54) is 12.1 Å². The summed E-state index contributed by atoms with van der Waals surface area (Å²) < 4.78 is 33.1. The lowest BCUT2D eigenvalue weighted by Crippen LogP contribution is -1.91. The summed E-state index contributed by atoms with van der Waals surface area (Å²) in [6, 6.07) is 3.72. The molecule has 0 aliphatic rings. The van der Waals surface area contributed by atoms with Gasteiger partial charge in [-0.2, -0.15) is 8.42 Å². The number of halogens is 2. The molecule has 1 rings (SSSR count). The number of rotatable bonds is 1. The average molecular weight is 209 g/mol. The molecule has 0 heterocycles. The number of aryl methyl sites for hydroxylation is 1. The van der Waals surface area contributed by atoms with Crippen molar-refractivity contribution in [3.63, 3.8) is 0 Å². The summed E-state index contributed by atoms with van der Waals surface area (Å²) in [6.45, 7) is 1.71. The fourth-order valence-electron chi connectivity index (χ4n) is 0.725. The van der Waals surface area contributed by atoms with Crippen LogP contribution in [0.5, 0.6) is 0 Å². The third-order valence-electron chi connectivity index (χ3n) is 1.42. The summed E-state index contributed by atoms with van der Waals surface area (Å²) in [4.78, 5) is -0.405. The molecular weight excluding hydrogens is 203 g/mol. The van der Waals surface area contributed by atoms with Gasteiger partial charge in [-0.05, 0) is 24.6 Å². The SMILES string of the molecule is Cc1ccc(S(=O)(=O)F)cc1Cl. The van der Waals surface area contributed by atoms with Gasteiger partial charge in [0.05, 0.1) is 4.90 Å². The highest BCUT2D eigenvalue weighted by atomic mass is 35.5. The predicted molar refractivity (Wildman–Crippen MR) is 44.5 cm³/mol. The Morgan fingerprint density at radius 2 is 2.00 bits per heavy atom. The Kier molecular flexibility index (Phi) is 2.39. The van der Waals surface area contributed by atoms with Gasteiger partial charge in [-0.15, -0.1) is 3.89 Å². The van der Waals surface area contributed by atoms with Crippen molar-refractivity contribution in [3.05, 3.63) is 28.8 Å². The molecule has 1 aromatic rings. The molecule has 12 heavy (non-hydrogen) atoms. The normalized spacial score (nSPS) is 11.6. The fraction of sp³-hybridized carbons (Fsp3) is 0.143. The maximum Gasteiger partial charge on any atom is 0.332 e. The maximum absolute atomic E-state index is 12.3. The van der Waals surface area contributed by atoms with Gasteiger partial charge in [0.2, 0.25) is 0 Å². The molecule has 0 fully saturated rings. The number of benzene rings is 1. The second-order valence-corrected chi connectivity index (χ2v) is 4.10. The third kappa shape index (κ3) is 1.95. The molecule has 0 radical (unpaired) electrons. The van der Waals surface area contributed by atoms with Gasteiger partial charge in [0.1, 0.15) is 0 Å². The van der Waals surface area contributed by atoms with E-state index in [-0.39, 0.29) is 5.02 Å². The van der Waals surface area contributed by atoms with Crippen molar-refractivity contribution in [1.29, 1.82) is 0 Å². The molecule has 0 amide bonds. The number of hydrogen-bond donors (Lipinski definition) is 0.